The van der Waals surface area contributed by atoms with Crippen molar-refractivity contribution in [2.45, 2.75) is 41.5 Å². The van der Waals surface area contributed by atoms with Crippen LogP contribution in [-0.4, -0.2) is 57.6 Å². The first-order valence-electron chi connectivity index (χ1n) is 11.8. The summed E-state index contributed by atoms with van der Waals surface area (Å²) in [7, 11) is 0. The van der Waals surface area contributed by atoms with Crippen molar-refractivity contribution in [1.29, 1.82) is 0 Å². The molecule has 8 nitrogen and oxygen atoms in total. The third kappa shape index (κ3) is 12.8. The quantitative estimate of drug-likeness (QED) is 0.109. The molecule has 0 bridgehead atoms. The molecule has 2 radical (unpaired) electrons. The van der Waals surface area contributed by atoms with Gasteiger partial charge in [-0.25, -0.2) is 9.80 Å². The van der Waals surface area contributed by atoms with Crippen molar-refractivity contribution in [2.75, 3.05) is 26.2 Å². The summed E-state index contributed by atoms with van der Waals surface area (Å²) in [6.07, 6.45) is 0. The minimum absolute atomic E-state index is 0. The molecule has 0 aliphatic heterocycles. The summed E-state index contributed by atoms with van der Waals surface area (Å²) in [4.78, 5) is 3.95. The van der Waals surface area contributed by atoms with E-state index in [1.807, 2.05) is 49.6 Å². The fourth-order valence-corrected chi connectivity index (χ4v) is 3.67. The molecule has 0 aliphatic rings. The molecule has 214 valence electrons. The fourth-order valence-electron chi connectivity index (χ4n) is 3.02. The minimum Gasteiger partial charge on any atom is -0.872 e. The Morgan fingerprint density at radius 3 is 1.21 bits per heavy atom. The van der Waals surface area contributed by atoms with E-state index in [2.05, 4.69) is 45.5 Å². The van der Waals surface area contributed by atoms with E-state index in [4.69, 9.17) is 0 Å². The van der Waals surface area contributed by atoms with Crippen molar-refractivity contribution in [1.82, 2.24) is 9.80 Å². The Labute approximate surface area is 258 Å². The van der Waals surface area contributed by atoms with Crippen molar-refractivity contribution in [3.05, 3.63) is 70.5 Å². The predicted octanol–water partition coefficient (Wildman–Crippen LogP) is 3.13. The summed E-state index contributed by atoms with van der Waals surface area (Å²) in [6.45, 7) is 14.9. The summed E-state index contributed by atoms with van der Waals surface area (Å²) >= 11 is 8.58. The standard InChI is InChI=1S/2C13H19N3OS.2Cu/c2*1-4-16(5-2)13(18)15-14-10(3)11-8-6-7-9-12(11)17;;/h2*6-9H,4-5H2,1-3H3,(H2,14,15,17,18);;/q;;2*+2/p-2. The molecular weight excluding hydrogens is 620 g/mol. The zero-order valence-corrected chi connectivity index (χ0v) is 26.1. The zero-order chi connectivity index (χ0) is 27.1. The van der Waals surface area contributed by atoms with Crippen LogP contribution in [0.15, 0.2) is 58.7 Å². The molecule has 0 saturated carbocycles. The predicted molar refractivity (Wildman–Crippen MR) is 156 cm³/mol. The van der Waals surface area contributed by atoms with Crippen molar-refractivity contribution < 1.29 is 44.4 Å². The maximum atomic E-state index is 11.6. The van der Waals surface area contributed by atoms with Crippen LogP contribution in [-0.2, 0) is 58.6 Å². The maximum Gasteiger partial charge on any atom is 2.00 e. The van der Waals surface area contributed by atoms with Crippen LogP contribution in [0.2, 0.25) is 0 Å². The van der Waals surface area contributed by atoms with Gasteiger partial charge >= 0.3 is 34.1 Å². The van der Waals surface area contributed by atoms with Gasteiger partial charge in [0.05, 0.1) is 0 Å². The summed E-state index contributed by atoms with van der Waals surface area (Å²) in [5, 5.41) is 32.4. The van der Waals surface area contributed by atoms with E-state index in [-0.39, 0.29) is 45.6 Å². The number of hydrogen-bond acceptors (Lipinski definition) is 4. The molecule has 0 heterocycles. The SMILES string of the molecule is CCN(CC)C(=[SH+])[N-]N=C(C)c1ccccc1[O-].CCN(CC)C(=[SH+])[N-]N=C(C)c1ccccc1[O-].[Cu+2].[Cu+2]. The molecule has 0 aromatic heterocycles. The molecule has 2 rings (SSSR count). The number of thiol groups is 2. The Bertz CT molecular complexity index is 978. The van der Waals surface area contributed by atoms with E-state index in [1.165, 1.54) is 12.1 Å². The molecule has 2 aromatic rings. The monoisotopic (exact) mass is 654 g/mol. The number of nitrogens with zero attached hydrogens (tertiary/aromatic N) is 6. The van der Waals surface area contributed by atoms with Gasteiger partial charge in [-0.3, -0.25) is 0 Å². The largest absolute Gasteiger partial charge is 2.00 e. The summed E-state index contributed by atoms with van der Waals surface area (Å²) < 4.78 is 0. The topological polar surface area (TPSA) is 106 Å². The van der Waals surface area contributed by atoms with Crippen LogP contribution < -0.4 is 10.2 Å². The number of rotatable bonds is 8. The van der Waals surface area contributed by atoms with Gasteiger partial charge in [0.25, 0.3) is 0 Å². The Balaban J connectivity index is 0. The van der Waals surface area contributed by atoms with E-state index < -0.39 is 0 Å². The molecule has 0 fully saturated rings. The van der Waals surface area contributed by atoms with Gasteiger partial charge in [-0.05, 0) is 25.0 Å². The van der Waals surface area contributed by atoms with Crippen LogP contribution in [0.5, 0.6) is 11.5 Å². The second-order valence-electron chi connectivity index (χ2n) is 7.51. The molecule has 38 heavy (non-hydrogen) atoms. The van der Waals surface area contributed by atoms with E-state index >= 15 is 0 Å². The zero-order valence-electron chi connectivity index (χ0n) is 22.4. The van der Waals surface area contributed by atoms with E-state index in [0.717, 1.165) is 26.2 Å². The molecule has 0 N–H and O–H groups in total. The van der Waals surface area contributed by atoms with Gasteiger partial charge in [-0.1, -0.05) is 87.7 Å². The molecule has 0 atom stereocenters. The van der Waals surface area contributed by atoms with E-state index in [1.54, 1.807) is 38.1 Å². The van der Waals surface area contributed by atoms with Gasteiger partial charge in [-0.2, -0.15) is 0 Å². The summed E-state index contributed by atoms with van der Waals surface area (Å²) in [5.41, 5.74) is 10.4. The van der Waals surface area contributed by atoms with E-state index in [9.17, 15) is 10.2 Å². The number of para-hydroxylation sites is 2. The molecule has 0 spiro atoms. The van der Waals surface area contributed by atoms with Crippen molar-refractivity contribution >= 4 is 46.1 Å². The average Bonchev–Trinajstić information content (AvgIpc) is 2.88. The maximum absolute atomic E-state index is 11.6. The molecule has 0 unspecified atom stereocenters. The van der Waals surface area contributed by atoms with Crippen molar-refractivity contribution in [2.24, 2.45) is 10.2 Å². The second kappa shape index (κ2) is 21.0. The Morgan fingerprint density at radius 1 is 0.658 bits per heavy atom. The van der Waals surface area contributed by atoms with Crippen molar-refractivity contribution in [3.63, 3.8) is 0 Å². The number of benzene rings is 2. The van der Waals surface area contributed by atoms with Crippen molar-refractivity contribution in [3.8, 4) is 11.5 Å². The minimum atomic E-state index is -0.0440. The fraction of sp³-hybridized carbons (Fsp3) is 0.385. The molecule has 12 heteroatoms. The summed E-state index contributed by atoms with van der Waals surface area (Å²) in [5.74, 6) is -0.0880. The van der Waals surface area contributed by atoms with Gasteiger partial charge in [0.2, 0.25) is 0 Å². The molecule has 0 amide bonds. The summed E-state index contributed by atoms with van der Waals surface area (Å²) in [6, 6.07) is 13.6. The first kappa shape index (κ1) is 38.3. The first-order chi connectivity index (χ1) is 17.2. The van der Waals surface area contributed by atoms with E-state index in [0.29, 0.717) is 32.8 Å². The third-order valence-electron chi connectivity index (χ3n) is 5.23. The van der Waals surface area contributed by atoms with Crippen LogP contribution in [0.4, 0.5) is 0 Å². The van der Waals surface area contributed by atoms with Gasteiger partial charge in [0.1, 0.15) is 0 Å². The first-order valence-corrected chi connectivity index (χ1v) is 12.7. The third-order valence-corrected chi connectivity index (χ3v) is 5.97. The smallest absolute Gasteiger partial charge is 0.872 e. The molecular formula is C26H36Cu2N6O2S2+2. The van der Waals surface area contributed by atoms with Crippen LogP contribution in [0.1, 0.15) is 52.7 Å². The van der Waals surface area contributed by atoms with Crippen LogP contribution >= 0.6 is 0 Å². The van der Waals surface area contributed by atoms with Crippen LogP contribution in [0, 0.1) is 0 Å². The van der Waals surface area contributed by atoms with Gasteiger partial charge in [0.15, 0.2) is 34.7 Å². The molecule has 0 aliphatic carbocycles. The molecule has 0 saturated heterocycles. The van der Waals surface area contributed by atoms with Gasteiger partial charge in [0, 0.05) is 37.6 Å². The molecule has 2 aromatic carbocycles. The normalized spacial score (nSPS) is 11.1. The van der Waals surface area contributed by atoms with Gasteiger partial charge < -0.3 is 31.3 Å². The Kier molecular flexibility index (Phi) is 21.2. The number of hydrogen-bond donors (Lipinski definition) is 0. The van der Waals surface area contributed by atoms with Crippen LogP contribution in [0.3, 0.4) is 0 Å². The van der Waals surface area contributed by atoms with Gasteiger partial charge in [-0.15, -0.1) is 0 Å². The Hall–Kier alpha value is -1.88. The Morgan fingerprint density at radius 2 is 0.947 bits per heavy atom. The second-order valence-corrected chi connectivity index (χ2v) is 8.31. The average molecular weight is 656 g/mol. The van der Waals surface area contributed by atoms with Crippen LogP contribution in [0.25, 0.3) is 10.9 Å².